The van der Waals surface area contributed by atoms with E-state index in [0.29, 0.717) is 23.4 Å². The molecule has 0 fully saturated rings. The molecule has 118 valence electrons. The molecule has 0 aliphatic carbocycles. The molecule has 1 aromatic rings. The molecule has 1 atom stereocenters. The predicted molar refractivity (Wildman–Crippen MR) is 82.0 cm³/mol. The van der Waals surface area contributed by atoms with Crippen LogP contribution in [-0.2, 0) is 14.8 Å². The lowest BCUT2D eigenvalue weighted by Gasteiger charge is -2.12. The van der Waals surface area contributed by atoms with E-state index in [2.05, 4.69) is 4.72 Å². The summed E-state index contributed by atoms with van der Waals surface area (Å²) < 4.78 is 26.9. The zero-order valence-corrected chi connectivity index (χ0v) is 13.7. The fraction of sp³-hybridized carbons (Fsp3) is 0.500. The van der Waals surface area contributed by atoms with Gasteiger partial charge < -0.3 is 5.11 Å². The Morgan fingerprint density at radius 1 is 1.38 bits per heavy atom. The Hall–Kier alpha value is -1.11. The van der Waals surface area contributed by atoms with Crippen LogP contribution in [-0.4, -0.2) is 26.0 Å². The summed E-state index contributed by atoms with van der Waals surface area (Å²) >= 11 is 5.83. The molecule has 1 unspecified atom stereocenters. The van der Waals surface area contributed by atoms with Crippen molar-refractivity contribution in [2.75, 3.05) is 6.54 Å². The number of carboxylic acids is 1. The van der Waals surface area contributed by atoms with Crippen LogP contribution >= 0.6 is 11.6 Å². The second kappa shape index (κ2) is 7.77. The molecule has 1 rings (SSSR count). The van der Waals surface area contributed by atoms with Crippen molar-refractivity contribution in [3.63, 3.8) is 0 Å². The highest BCUT2D eigenvalue weighted by Crippen LogP contribution is 2.20. The SMILES string of the molecule is Cc1ccc(Cl)cc1S(=O)(=O)NCCC(C)CCC(=O)O. The van der Waals surface area contributed by atoms with Crippen LogP contribution in [0.25, 0.3) is 0 Å². The molecule has 2 N–H and O–H groups in total. The van der Waals surface area contributed by atoms with Crippen LogP contribution in [0.2, 0.25) is 5.02 Å². The number of hydrogen-bond acceptors (Lipinski definition) is 3. The Bertz CT molecular complexity index is 601. The molecule has 1 aromatic carbocycles. The Balaban J connectivity index is 2.57. The average molecular weight is 334 g/mol. The first-order chi connectivity index (χ1) is 9.72. The van der Waals surface area contributed by atoms with Crippen LogP contribution in [0.1, 0.15) is 31.7 Å². The van der Waals surface area contributed by atoms with Gasteiger partial charge >= 0.3 is 5.97 Å². The largest absolute Gasteiger partial charge is 0.481 e. The van der Waals surface area contributed by atoms with Gasteiger partial charge in [0.1, 0.15) is 0 Å². The zero-order valence-electron chi connectivity index (χ0n) is 12.1. The lowest BCUT2D eigenvalue weighted by Crippen LogP contribution is -2.26. The molecule has 0 heterocycles. The van der Waals surface area contributed by atoms with Gasteiger partial charge in [-0.15, -0.1) is 0 Å². The van der Waals surface area contributed by atoms with Crippen LogP contribution in [0, 0.1) is 12.8 Å². The molecule has 21 heavy (non-hydrogen) atoms. The molecule has 0 bridgehead atoms. The zero-order chi connectivity index (χ0) is 16.0. The van der Waals surface area contributed by atoms with E-state index >= 15 is 0 Å². The number of nitrogens with one attached hydrogen (secondary N) is 1. The van der Waals surface area contributed by atoms with Gasteiger partial charge in [0.25, 0.3) is 0 Å². The third-order valence-electron chi connectivity index (χ3n) is 3.22. The van der Waals surface area contributed by atoms with E-state index in [0.717, 1.165) is 0 Å². The first-order valence-corrected chi connectivity index (χ1v) is 8.56. The van der Waals surface area contributed by atoms with Crippen molar-refractivity contribution in [3.05, 3.63) is 28.8 Å². The molecule has 0 saturated carbocycles. The van der Waals surface area contributed by atoms with Crippen molar-refractivity contribution in [1.29, 1.82) is 0 Å². The fourth-order valence-electron chi connectivity index (χ4n) is 1.90. The standard InChI is InChI=1S/C14H20ClNO4S/c1-10(3-6-14(17)18)7-8-16-21(19,20)13-9-12(15)5-4-11(13)2/h4-5,9-10,16H,3,6-8H2,1-2H3,(H,17,18). The van der Waals surface area contributed by atoms with Gasteiger partial charge in [-0.1, -0.05) is 24.6 Å². The van der Waals surface area contributed by atoms with E-state index in [4.69, 9.17) is 16.7 Å². The molecule has 0 spiro atoms. The van der Waals surface area contributed by atoms with E-state index in [1.54, 1.807) is 19.1 Å². The normalized spacial score (nSPS) is 13.1. The maximum Gasteiger partial charge on any atom is 0.303 e. The summed E-state index contributed by atoms with van der Waals surface area (Å²) in [5, 5.41) is 8.97. The minimum Gasteiger partial charge on any atom is -0.481 e. The van der Waals surface area contributed by atoms with Crippen molar-refractivity contribution in [2.45, 2.75) is 38.0 Å². The molecule has 7 heteroatoms. The predicted octanol–water partition coefficient (Wildman–Crippen LogP) is 2.82. The van der Waals surface area contributed by atoms with Crippen LogP contribution in [0.4, 0.5) is 0 Å². The summed E-state index contributed by atoms with van der Waals surface area (Å²) in [6, 6.07) is 4.73. The van der Waals surface area contributed by atoms with Crippen molar-refractivity contribution in [3.8, 4) is 0 Å². The van der Waals surface area contributed by atoms with Gasteiger partial charge in [-0.05, 0) is 43.4 Å². The van der Waals surface area contributed by atoms with Crippen molar-refractivity contribution < 1.29 is 18.3 Å². The lowest BCUT2D eigenvalue weighted by molar-refractivity contribution is -0.137. The maximum absolute atomic E-state index is 12.2. The minimum absolute atomic E-state index is 0.0985. The van der Waals surface area contributed by atoms with E-state index in [1.807, 2.05) is 6.92 Å². The van der Waals surface area contributed by atoms with E-state index in [1.165, 1.54) is 6.07 Å². The number of hydrogen-bond donors (Lipinski definition) is 2. The third kappa shape index (κ3) is 6.03. The summed E-state index contributed by atoms with van der Waals surface area (Å²) in [6.45, 7) is 3.89. The summed E-state index contributed by atoms with van der Waals surface area (Å²) in [4.78, 5) is 10.6. The Morgan fingerprint density at radius 3 is 2.67 bits per heavy atom. The van der Waals surface area contributed by atoms with Gasteiger partial charge in [0.15, 0.2) is 0 Å². The number of rotatable bonds is 8. The Morgan fingerprint density at radius 2 is 2.05 bits per heavy atom. The second-order valence-corrected chi connectivity index (χ2v) is 7.31. The number of carbonyl (C=O) groups is 1. The fourth-order valence-corrected chi connectivity index (χ4v) is 3.45. The minimum atomic E-state index is -3.59. The quantitative estimate of drug-likeness (QED) is 0.766. The van der Waals surface area contributed by atoms with Gasteiger partial charge in [-0.2, -0.15) is 0 Å². The van der Waals surface area contributed by atoms with Gasteiger partial charge in [0.2, 0.25) is 10.0 Å². The topological polar surface area (TPSA) is 83.5 Å². The van der Waals surface area contributed by atoms with Gasteiger partial charge in [-0.3, -0.25) is 4.79 Å². The first-order valence-electron chi connectivity index (χ1n) is 6.70. The number of carboxylic acid groups (broad SMARTS) is 1. The first kappa shape index (κ1) is 17.9. The van der Waals surface area contributed by atoms with Crippen LogP contribution in [0.15, 0.2) is 23.1 Å². The van der Waals surface area contributed by atoms with E-state index in [9.17, 15) is 13.2 Å². The molecular formula is C14H20ClNO4S. The monoisotopic (exact) mass is 333 g/mol. The molecule has 0 saturated heterocycles. The average Bonchev–Trinajstić information content (AvgIpc) is 2.39. The third-order valence-corrected chi connectivity index (χ3v) is 5.06. The number of halogens is 1. The summed E-state index contributed by atoms with van der Waals surface area (Å²) in [5.74, 6) is -0.693. The molecular weight excluding hydrogens is 314 g/mol. The molecule has 0 aliphatic rings. The lowest BCUT2D eigenvalue weighted by atomic mass is 10.0. The van der Waals surface area contributed by atoms with Gasteiger partial charge in [0, 0.05) is 18.0 Å². The number of sulfonamides is 1. The van der Waals surface area contributed by atoms with Crippen LogP contribution in [0.5, 0.6) is 0 Å². The smallest absolute Gasteiger partial charge is 0.303 e. The molecule has 0 radical (unpaired) electrons. The molecule has 0 amide bonds. The Kier molecular flexibility index (Phi) is 6.64. The number of aliphatic carboxylic acids is 1. The van der Waals surface area contributed by atoms with Gasteiger partial charge in [0.05, 0.1) is 4.90 Å². The van der Waals surface area contributed by atoms with Crippen molar-refractivity contribution in [1.82, 2.24) is 4.72 Å². The van der Waals surface area contributed by atoms with Crippen molar-refractivity contribution in [2.24, 2.45) is 5.92 Å². The van der Waals surface area contributed by atoms with Crippen LogP contribution < -0.4 is 4.72 Å². The summed E-state index contributed by atoms with van der Waals surface area (Å²) in [7, 11) is -3.59. The molecule has 5 nitrogen and oxygen atoms in total. The molecule has 0 aromatic heterocycles. The second-order valence-electron chi connectivity index (χ2n) is 5.13. The highest BCUT2D eigenvalue weighted by atomic mass is 35.5. The highest BCUT2D eigenvalue weighted by Gasteiger charge is 2.17. The molecule has 0 aliphatic heterocycles. The summed E-state index contributed by atoms with van der Waals surface area (Å²) in [6.07, 6.45) is 1.22. The summed E-state index contributed by atoms with van der Waals surface area (Å²) in [5.41, 5.74) is 0.630. The van der Waals surface area contributed by atoms with E-state index in [-0.39, 0.29) is 23.8 Å². The Labute approximate surface area is 130 Å². The number of benzene rings is 1. The van der Waals surface area contributed by atoms with E-state index < -0.39 is 16.0 Å². The number of aryl methyl sites for hydroxylation is 1. The van der Waals surface area contributed by atoms with Gasteiger partial charge in [-0.25, -0.2) is 13.1 Å². The maximum atomic E-state index is 12.2. The van der Waals surface area contributed by atoms with Crippen LogP contribution in [0.3, 0.4) is 0 Å². The highest BCUT2D eigenvalue weighted by molar-refractivity contribution is 7.89. The van der Waals surface area contributed by atoms with Crippen molar-refractivity contribution >= 4 is 27.6 Å².